The summed E-state index contributed by atoms with van der Waals surface area (Å²) < 4.78 is 0. The molecule has 1 aromatic heterocycles. The van der Waals surface area contributed by atoms with Crippen LogP contribution in [-0.4, -0.2) is 23.9 Å². The number of piperidine rings is 1. The molecule has 1 fully saturated rings. The van der Waals surface area contributed by atoms with Crippen LogP contribution in [0.3, 0.4) is 0 Å². The number of rotatable bonds is 2. The van der Waals surface area contributed by atoms with Gasteiger partial charge in [-0.05, 0) is 6.92 Å². The Morgan fingerprint density at radius 1 is 1.71 bits per heavy atom. The largest absolute Gasteiger partial charge is 0.316 e. The first-order valence-electron chi connectivity index (χ1n) is 4.90. The van der Waals surface area contributed by atoms with Crippen molar-refractivity contribution in [2.75, 3.05) is 13.1 Å². The maximum absolute atomic E-state index is 11.5. The molecular formula is C10H14N2OS. The third kappa shape index (κ3) is 2.19. The first-order valence-corrected chi connectivity index (χ1v) is 5.78. The monoisotopic (exact) mass is 210 g/mol. The predicted octanol–water partition coefficient (Wildman–Crippen LogP) is 1.17. The summed E-state index contributed by atoms with van der Waals surface area (Å²) in [6.07, 6.45) is 1.48. The van der Waals surface area contributed by atoms with Crippen LogP contribution in [0.25, 0.3) is 0 Å². The summed E-state index contributed by atoms with van der Waals surface area (Å²) in [6, 6.07) is 0. The van der Waals surface area contributed by atoms with Crippen LogP contribution in [0.2, 0.25) is 0 Å². The third-order valence-corrected chi connectivity index (χ3v) is 3.34. The van der Waals surface area contributed by atoms with Gasteiger partial charge in [0.1, 0.15) is 5.78 Å². The highest BCUT2D eigenvalue weighted by Gasteiger charge is 2.22. The summed E-state index contributed by atoms with van der Waals surface area (Å²) in [5.74, 6) is 0.527. The number of carbonyl (C=O) groups is 1. The van der Waals surface area contributed by atoms with Gasteiger partial charge in [-0.3, -0.25) is 4.79 Å². The van der Waals surface area contributed by atoms with Gasteiger partial charge in [-0.1, -0.05) is 0 Å². The molecule has 1 aliphatic heterocycles. The first-order chi connectivity index (χ1) is 6.75. The molecule has 0 spiro atoms. The van der Waals surface area contributed by atoms with E-state index in [2.05, 4.69) is 15.7 Å². The number of hydrogen-bond acceptors (Lipinski definition) is 4. The summed E-state index contributed by atoms with van der Waals surface area (Å²) in [4.78, 5) is 15.9. The number of aromatic nitrogens is 1. The Bertz CT molecular complexity index is 335. The zero-order chi connectivity index (χ0) is 9.97. The van der Waals surface area contributed by atoms with Crippen molar-refractivity contribution in [1.82, 2.24) is 10.3 Å². The number of hydrogen-bond donors (Lipinski definition) is 1. The van der Waals surface area contributed by atoms with E-state index in [4.69, 9.17) is 0 Å². The Balaban J connectivity index is 1.99. The smallest absolute Gasteiger partial charge is 0.138 e. The Hall–Kier alpha value is -0.740. The summed E-state index contributed by atoms with van der Waals surface area (Å²) in [7, 11) is 0. The molecule has 1 unspecified atom stereocenters. The predicted molar refractivity (Wildman–Crippen MR) is 56.5 cm³/mol. The average Bonchev–Trinajstić information content (AvgIpc) is 2.56. The lowest BCUT2D eigenvalue weighted by Crippen LogP contribution is -2.38. The number of Topliss-reactive ketones (excluding diaryl/α,β-unsaturated/α-hetero) is 1. The van der Waals surface area contributed by atoms with E-state index in [1.165, 1.54) is 0 Å². The molecule has 0 saturated carbocycles. The summed E-state index contributed by atoms with van der Waals surface area (Å²) in [5, 5.41) is 6.38. The molecule has 0 bridgehead atoms. The van der Waals surface area contributed by atoms with Crippen molar-refractivity contribution in [1.29, 1.82) is 0 Å². The normalized spacial score (nSPS) is 22.6. The van der Waals surface area contributed by atoms with Gasteiger partial charge in [0.2, 0.25) is 0 Å². The van der Waals surface area contributed by atoms with E-state index in [0.29, 0.717) is 12.2 Å². The van der Waals surface area contributed by atoms with Crippen LogP contribution in [0.5, 0.6) is 0 Å². The van der Waals surface area contributed by atoms with E-state index in [1.807, 2.05) is 6.92 Å². The van der Waals surface area contributed by atoms with Gasteiger partial charge < -0.3 is 5.32 Å². The fourth-order valence-corrected chi connectivity index (χ4v) is 2.37. The van der Waals surface area contributed by atoms with Crippen LogP contribution in [-0.2, 0) is 11.2 Å². The summed E-state index contributed by atoms with van der Waals surface area (Å²) in [6.45, 7) is 3.65. The molecule has 2 rings (SSSR count). The van der Waals surface area contributed by atoms with Crippen molar-refractivity contribution in [3.63, 3.8) is 0 Å². The quantitative estimate of drug-likeness (QED) is 0.797. The molecule has 0 aliphatic carbocycles. The molecule has 1 atom stereocenters. The van der Waals surface area contributed by atoms with Gasteiger partial charge in [-0.25, -0.2) is 4.98 Å². The average molecular weight is 210 g/mol. The number of nitrogens with zero attached hydrogens (tertiary/aromatic N) is 1. The van der Waals surface area contributed by atoms with Crippen LogP contribution >= 0.6 is 11.3 Å². The molecule has 0 radical (unpaired) electrons. The summed E-state index contributed by atoms with van der Waals surface area (Å²) >= 11 is 1.65. The Morgan fingerprint density at radius 3 is 3.21 bits per heavy atom. The molecule has 1 aliphatic rings. The fourth-order valence-electron chi connectivity index (χ4n) is 1.75. The van der Waals surface area contributed by atoms with Crippen molar-refractivity contribution in [2.45, 2.75) is 19.8 Å². The Morgan fingerprint density at radius 2 is 2.57 bits per heavy atom. The van der Waals surface area contributed by atoms with Crippen LogP contribution in [0.1, 0.15) is 17.1 Å². The lowest BCUT2D eigenvalue weighted by Gasteiger charge is -2.20. The maximum atomic E-state index is 11.5. The number of nitrogens with one attached hydrogen (secondary N) is 1. The molecule has 1 aromatic rings. The molecule has 1 N–H and O–H groups in total. The maximum Gasteiger partial charge on any atom is 0.138 e. The van der Waals surface area contributed by atoms with Crippen LogP contribution < -0.4 is 5.32 Å². The van der Waals surface area contributed by atoms with Gasteiger partial charge in [0.25, 0.3) is 0 Å². The van der Waals surface area contributed by atoms with E-state index in [0.717, 1.165) is 30.2 Å². The molecule has 76 valence electrons. The number of thiazole rings is 1. The highest BCUT2D eigenvalue weighted by Crippen LogP contribution is 2.15. The lowest BCUT2D eigenvalue weighted by atomic mass is 9.94. The minimum absolute atomic E-state index is 0.144. The molecule has 0 aromatic carbocycles. The Kier molecular flexibility index (Phi) is 2.93. The second kappa shape index (κ2) is 4.19. The Labute approximate surface area is 87.6 Å². The minimum atomic E-state index is 0.144. The van der Waals surface area contributed by atoms with Crippen LogP contribution in [0, 0.1) is 12.8 Å². The minimum Gasteiger partial charge on any atom is -0.316 e. The zero-order valence-corrected chi connectivity index (χ0v) is 9.06. The number of aryl methyl sites for hydroxylation is 1. The SMILES string of the molecule is Cc1nc(CC2CNCCC2=O)cs1. The van der Waals surface area contributed by atoms with Gasteiger partial charge in [-0.15, -0.1) is 11.3 Å². The highest BCUT2D eigenvalue weighted by atomic mass is 32.1. The van der Waals surface area contributed by atoms with Gasteiger partial charge in [0.15, 0.2) is 0 Å². The molecule has 3 nitrogen and oxygen atoms in total. The van der Waals surface area contributed by atoms with Crippen molar-refractivity contribution in [3.8, 4) is 0 Å². The molecule has 14 heavy (non-hydrogen) atoms. The molecule has 0 amide bonds. The second-order valence-corrected chi connectivity index (χ2v) is 4.74. The topological polar surface area (TPSA) is 42.0 Å². The van der Waals surface area contributed by atoms with Gasteiger partial charge in [0, 0.05) is 37.2 Å². The molecule has 2 heterocycles. The third-order valence-electron chi connectivity index (χ3n) is 2.52. The zero-order valence-electron chi connectivity index (χ0n) is 8.25. The van der Waals surface area contributed by atoms with E-state index >= 15 is 0 Å². The van der Waals surface area contributed by atoms with Gasteiger partial charge >= 0.3 is 0 Å². The summed E-state index contributed by atoms with van der Waals surface area (Å²) in [5.41, 5.74) is 1.06. The van der Waals surface area contributed by atoms with Crippen molar-refractivity contribution < 1.29 is 4.79 Å². The highest BCUT2D eigenvalue weighted by molar-refractivity contribution is 7.09. The second-order valence-electron chi connectivity index (χ2n) is 3.68. The fraction of sp³-hybridized carbons (Fsp3) is 0.600. The van der Waals surface area contributed by atoms with E-state index in [9.17, 15) is 4.79 Å². The van der Waals surface area contributed by atoms with Gasteiger partial charge in [-0.2, -0.15) is 0 Å². The van der Waals surface area contributed by atoms with Crippen molar-refractivity contribution in [3.05, 3.63) is 16.1 Å². The molecular weight excluding hydrogens is 196 g/mol. The van der Waals surface area contributed by atoms with E-state index < -0.39 is 0 Å². The molecule has 4 heteroatoms. The van der Waals surface area contributed by atoms with Crippen LogP contribution in [0.15, 0.2) is 5.38 Å². The number of carbonyl (C=O) groups excluding carboxylic acids is 1. The van der Waals surface area contributed by atoms with Gasteiger partial charge in [0.05, 0.1) is 10.7 Å². The van der Waals surface area contributed by atoms with E-state index in [-0.39, 0.29) is 5.92 Å². The van der Waals surface area contributed by atoms with Crippen molar-refractivity contribution >= 4 is 17.1 Å². The molecule has 1 saturated heterocycles. The standard InChI is InChI=1S/C10H14N2OS/c1-7-12-9(6-14-7)4-8-5-11-3-2-10(8)13/h6,8,11H,2-5H2,1H3. The van der Waals surface area contributed by atoms with Crippen molar-refractivity contribution in [2.24, 2.45) is 5.92 Å². The number of ketones is 1. The lowest BCUT2D eigenvalue weighted by molar-refractivity contribution is -0.123. The van der Waals surface area contributed by atoms with Crippen LogP contribution in [0.4, 0.5) is 0 Å². The first kappa shape index (κ1) is 9.80. The van der Waals surface area contributed by atoms with E-state index in [1.54, 1.807) is 11.3 Å².